The van der Waals surface area contributed by atoms with Crippen LogP contribution in [0.2, 0.25) is 5.02 Å². The molecule has 140 valence electrons. The normalized spacial score (nSPS) is 11.5. The third-order valence-electron chi connectivity index (χ3n) is 3.25. The second-order valence-electron chi connectivity index (χ2n) is 5.30. The van der Waals surface area contributed by atoms with E-state index in [1.54, 1.807) is 30.3 Å². The van der Waals surface area contributed by atoms with Gasteiger partial charge in [0.15, 0.2) is 0 Å². The fourth-order valence-electron chi connectivity index (χ4n) is 2.03. The van der Waals surface area contributed by atoms with Crippen molar-refractivity contribution in [2.45, 2.75) is 25.2 Å². The molecule has 2 aromatic rings. The predicted molar refractivity (Wildman–Crippen MR) is 103 cm³/mol. The molecule has 0 aromatic heterocycles. The maximum Gasteiger partial charge on any atom is 0.276 e. The van der Waals surface area contributed by atoms with Gasteiger partial charge in [0.1, 0.15) is 11.5 Å². The fourth-order valence-corrected chi connectivity index (χ4v) is 3.07. The minimum atomic E-state index is -3.75. The van der Waals surface area contributed by atoms with E-state index in [0.29, 0.717) is 35.3 Å². The highest BCUT2D eigenvalue weighted by atomic mass is 35.5. The van der Waals surface area contributed by atoms with Crippen LogP contribution in [-0.4, -0.2) is 27.8 Å². The highest BCUT2D eigenvalue weighted by molar-refractivity contribution is 7.89. The van der Waals surface area contributed by atoms with Gasteiger partial charge in [-0.05, 0) is 61.4 Å². The molecule has 0 heterocycles. The molecule has 26 heavy (non-hydrogen) atoms. The van der Waals surface area contributed by atoms with Crippen LogP contribution in [0.4, 0.5) is 0 Å². The van der Waals surface area contributed by atoms with Crippen LogP contribution >= 0.6 is 11.6 Å². The Morgan fingerprint density at radius 3 is 2.46 bits per heavy atom. The average Bonchev–Trinajstić information content (AvgIpc) is 2.62. The quantitative estimate of drug-likeness (QED) is 0.516. The van der Waals surface area contributed by atoms with Gasteiger partial charge < -0.3 is 9.47 Å². The van der Waals surface area contributed by atoms with E-state index in [1.165, 1.54) is 18.3 Å². The molecule has 0 aliphatic carbocycles. The lowest BCUT2D eigenvalue weighted by atomic mass is 10.2. The van der Waals surface area contributed by atoms with Crippen LogP contribution in [0.15, 0.2) is 52.5 Å². The largest absolute Gasteiger partial charge is 0.494 e. The smallest absolute Gasteiger partial charge is 0.276 e. The first-order valence-electron chi connectivity index (χ1n) is 8.16. The van der Waals surface area contributed by atoms with Gasteiger partial charge in [-0.15, -0.1) is 0 Å². The van der Waals surface area contributed by atoms with Gasteiger partial charge in [0.25, 0.3) is 10.0 Å². The molecule has 0 spiro atoms. The molecule has 6 nitrogen and oxygen atoms in total. The van der Waals surface area contributed by atoms with E-state index in [1.807, 2.05) is 13.8 Å². The first kappa shape index (κ1) is 20.1. The Labute approximate surface area is 158 Å². The molecule has 0 saturated heterocycles. The van der Waals surface area contributed by atoms with Gasteiger partial charge in [-0.3, -0.25) is 0 Å². The number of hydrazone groups is 1. The number of ether oxygens (including phenoxy) is 2. The number of halogens is 1. The second-order valence-corrected chi connectivity index (χ2v) is 7.36. The Bertz CT molecular complexity index is 852. The van der Waals surface area contributed by atoms with Crippen LogP contribution in [0.1, 0.15) is 25.8 Å². The van der Waals surface area contributed by atoms with Crippen molar-refractivity contribution in [3.05, 3.63) is 53.1 Å². The summed E-state index contributed by atoms with van der Waals surface area (Å²) in [5.74, 6) is 1.19. The van der Waals surface area contributed by atoms with Crippen LogP contribution < -0.4 is 14.3 Å². The van der Waals surface area contributed by atoms with Gasteiger partial charge in [0, 0.05) is 0 Å². The van der Waals surface area contributed by atoms with Crippen LogP contribution in [0.25, 0.3) is 0 Å². The van der Waals surface area contributed by atoms with E-state index in [0.717, 1.165) is 6.42 Å². The zero-order valence-corrected chi connectivity index (χ0v) is 16.2. The Hall–Kier alpha value is -2.25. The zero-order chi connectivity index (χ0) is 19.0. The number of benzene rings is 2. The molecule has 0 amide bonds. The van der Waals surface area contributed by atoms with E-state index >= 15 is 0 Å². The molecule has 0 radical (unpaired) electrons. The first-order valence-corrected chi connectivity index (χ1v) is 10.0. The molecule has 0 unspecified atom stereocenters. The summed E-state index contributed by atoms with van der Waals surface area (Å²) in [6.45, 7) is 4.95. The number of nitrogens with zero attached hydrogens (tertiary/aromatic N) is 1. The monoisotopic (exact) mass is 396 g/mol. The van der Waals surface area contributed by atoms with E-state index in [2.05, 4.69) is 9.93 Å². The van der Waals surface area contributed by atoms with Crippen molar-refractivity contribution in [2.24, 2.45) is 5.10 Å². The molecule has 8 heteroatoms. The maximum absolute atomic E-state index is 12.2. The summed E-state index contributed by atoms with van der Waals surface area (Å²) in [4.78, 5) is 2.27. The molecule has 0 bridgehead atoms. The van der Waals surface area contributed by atoms with Crippen LogP contribution in [0.5, 0.6) is 11.5 Å². The number of nitrogens with one attached hydrogen (secondary N) is 1. The van der Waals surface area contributed by atoms with Crippen LogP contribution in [0.3, 0.4) is 0 Å². The lowest BCUT2D eigenvalue weighted by Gasteiger charge is -2.07. The number of rotatable bonds is 9. The lowest BCUT2D eigenvalue weighted by Crippen LogP contribution is -2.18. The number of hydrogen-bond donors (Lipinski definition) is 1. The van der Waals surface area contributed by atoms with Gasteiger partial charge in [0.05, 0.1) is 29.3 Å². The molecule has 2 rings (SSSR count). The maximum atomic E-state index is 12.2. The summed E-state index contributed by atoms with van der Waals surface area (Å²) >= 11 is 6.13. The summed E-state index contributed by atoms with van der Waals surface area (Å²) in [5, 5.41) is 4.23. The van der Waals surface area contributed by atoms with Crippen molar-refractivity contribution in [3.8, 4) is 11.5 Å². The molecule has 0 fully saturated rings. The summed E-state index contributed by atoms with van der Waals surface area (Å²) in [6.07, 6.45) is 2.26. The minimum Gasteiger partial charge on any atom is -0.494 e. The third-order valence-corrected chi connectivity index (χ3v) is 4.78. The van der Waals surface area contributed by atoms with E-state index in [4.69, 9.17) is 21.1 Å². The summed E-state index contributed by atoms with van der Waals surface area (Å²) in [5.41, 5.74) is 0.647. The summed E-state index contributed by atoms with van der Waals surface area (Å²) in [7, 11) is -3.75. The molecule has 0 saturated carbocycles. The van der Waals surface area contributed by atoms with Gasteiger partial charge in [-0.25, -0.2) is 4.83 Å². The SMILES string of the molecule is CCCOc1ccc(/C=N/NS(=O)(=O)c2ccc(OCC)cc2)cc1Cl. The fraction of sp³-hybridized carbons (Fsp3) is 0.278. The molecular weight excluding hydrogens is 376 g/mol. The Kier molecular flexibility index (Phi) is 7.29. The van der Waals surface area contributed by atoms with Crippen molar-refractivity contribution >= 4 is 27.8 Å². The van der Waals surface area contributed by atoms with Gasteiger partial charge >= 0.3 is 0 Å². The highest BCUT2D eigenvalue weighted by Crippen LogP contribution is 2.25. The Morgan fingerprint density at radius 2 is 1.85 bits per heavy atom. The molecular formula is C18H21ClN2O4S. The zero-order valence-electron chi connectivity index (χ0n) is 14.6. The molecule has 0 aliphatic rings. The van der Waals surface area contributed by atoms with Crippen molar-refractivity contribution < 1.29 is 17.9 Å². The molecule has 2 aromatic carbocycles. The van der Waals surface area contributed by atoms with Gasteiger partial charge in [-0.1, -0.05) is 18.5 Å². The topological polar surface area (TPSA) is 77.0 Å². The number of hydrogen-bond acceptors (Lipinski definition) is 5. The van der Waals surface area contributed by atoms with Gasteiger partial charge in [-0.2, -0.15) is 13.5 Å². The predicted octanol–water partition coefficient (Wildman–Crippen LogP) is 3.84. The third kappa shape index (κ3) is 5.64. The highest BCUT2D eigenvalue weighted by Gasteiger charge is 2.12. The summed E-state index contributed by atoms with van der Waals surface area (Å²) < 4.78 is 35.2. The lowest BCUT2D eigenvalue weighted by molar-refractivity contribution is 0.317. The van der Waals surface area contributed by atoms with Crippen molar-refractivity contribution in [3.63, 3.8) is 0 Å². The van der Waals surface area contributed by atoms with Crippen LogP contribution in [-0.2, 0) is 10.0 Å². The van der Waals surface area contributed by atoms with E-state index in [9.17, 15) is 8.42 Å². The van der Waals surface area contributed by atoms with Crippen molar-refractivity contribution in [1.29, 1.82) is 0 Å². The average molecular weight is 397 g/mol. The summed E-state index contributed by atoms with van der Waals surface area (Å²) in [6, 6.07) is 11.2. The van der Waals surface area contributed by atoms with Crippen LogP contribution in [0, 0.1) is 0 Å². The standard InChI is InChI=1S/C18H21ClN2O4S/c1-3-11-25-18-10-5-14(12-17(18)19)13-20-21-26(22,23)16-8-6-15(7-9-16)24-4-2/h5-10,12-13,21H,3-4,11H2,1-2H3/b20-13+. The minimum absolute atomic E-state index is 0.0967. The first-order chi connectivity index (χ1) is 12.5. The molecule has 0 aliphatic heterocycles. The Balaban J connectivity index is 2.03. The Morgan fingerprint density at radius 1 is 1.12 bits per heavy atom. The second kappa shape index (κ2) is 9.45. The van der Waals surface area contributed by atoms with Crippen molar-refractivity contribution in [2.75, 3.05) is 13.2 Å². The van der Waals surface area contributed by atoms with Crippen molar-refractivity contribution in [1.82, 2.24) is 4.83 Å². The molecule has 1 N–H and O–H groups in total. The number of sulfonamides is 1. The van der Waals surface area contributed by atoms with Gasteiger partial charge in [0.2, 0.25) is 0 Å². The molecule has 0 atom stereocenters. The van der Waals surface area contributed by atoms with E-state index < -0.39 is 10.0 Å². The van der Waals surface area contributed by atoms with E-state index in [-0.39, 0.29) is 4.90 Å².